The molecule has 0 amide bonds. The van der Waals surface area contributed by atoms with E-state index in [9.17, 15) is 13.2 Å². The van der Waals surface area contributed by atoms with Crippen LogP contribution in [-0.4, -0.2) is 13.3 Å². The number of benzene rings is 2. The summed E-state index contributed by atoms with van der Waals surface area (Å²) in [7, 11) is 1.04. The first-order valence-electron chi connectivity index (χ1n) is 6.65. The molecule has 1 atom stereocenters. The number of hydrogen-bond acceptors (Lipinski definition) is 2. The lowest BCUT2D eigenvalue weighted by atomic mass is 9.90. The van der Waals surface area contributed by atoms with E-state index in [2.05, 4.69) is 0 Å². The molecule has 0 radical (unpaired) electrons. The van der Waals surface area contributed by atoms with Crippen LogP contribution in [0.5, 0.6) is 0 Å². The number of para-hydroxylation sites is 1. The zero-order valence-electron chi connectivity index (χ0n) is 11.7. The fourth-order valence-corrected chi connectivity index (χ4v) is 2.61. The lowest BCUT2D eigenvalue weighted by Gasteiger charge is -2.32. The first-order valence-corrected chi connectivity index (χ1v) is 6.65. The number of furan rings is 1. The second-order valence-electron chi connectivity index (χ2n) is 4.90. The van der Waals surface area contributed by atoms with Gasteiger partial charge in [0, 0.05) is 18.1 Å². The van der Waals surface area contributed by atoms with Crippen LogP contribution in [-0.2, 0) is 10.3 Å². The van der Waals surface area contributed by atoms with Gasteiger partial charge in [0.05, 0.1) is 0 Å². The fraction of sp³-hybridized carbons (Fsp3) is 0.176. The standard InChI is InChI=1S/C17H13F3O2/c1-21-16(17(18,19)20,13-8-3-2-4-9-13)15-11-12-7-5-6-10-14(12)22-15/h2-11H,1H3/t16-/m1/s1. The van der Waals surface area contributed by atoms with Crippen molar-refractivity contribution in [1.29, 1.82) is 0 Å². The summed E-state index contributed by atoms with van der Waals surface area (Å²) in [6, 6.07) is 15.6. The third-order valence-electron chi connectivity index (χ3n) is 3.66. The molecule has 0 fully saturated rings. The molecule has 2 aromatic carbocycles. The van der Waals surface area contributed by atoms with E-state index in [1.165, 1.54) is 30.3 Å². The number of halogens is 3. The molecule has 0 spiro atoms. The lowest BCUT2D eigenvalue weighted by Crippen LogP contribution is -2.44. The number of methoxy groups -OCH3 is 1. The average Bonchev–Trinajstić information content (AvgIpc) is 2.92. The molecule has 114 valence electrons. The number of ether oxygens (including phenoxy) is 1. The van der Waals surface area contributed by atoms with Crippen LogP contribution in [0.2, 0.25) is 0 Å². The first-order chi connectivity index (χ1) is 10.5. The molecule has 5 heteroatoms. The Hall–Kier alpha value is -2.27. The third-order valence-corrected chi connectivity index (χ3v) is 3.66. The molecule has 3 aromatic rings. The molecule has 0 aliphatic heterocycles. The minimum atomic E-state index is -4.67. The molecule has 0 saturated carbocycles. The van der Waals surface area contributed by atoms with E-state index in [-0.39, 0.29) is 11.3 Å². The second-order valence-corrected chi connectivity index (χ2v) is 4.90. The Labute approximate surface area is 125 Å². The first kappa shape index (κ1) is 14.7. The molecular formula is C17H13F3O2. The van der Waals surface area contributed by atoms with E-state index < -0.39 is 11.8 Å². The van der Waals surface area contributed by atoms with Crippen LogP contribution in [0.25, 0.3) is 11.0 Å². The molecule has 0 unspecified atom stereocenters. The Morgan fingerprint density at radius 3 is 2.14 bits per heavy atom. The number of hydrogen-bond donors (Lipinski definition) is 0. The smallest absolute Gasteiger partial charge is 0.429 e. The largest absolute Gasteiger partial charge is 0.457 e. The highest BCUT2D eigenvalue weighted by Crippen LogP contribution is 2.48. The molecule has 1 aromatic heterocycles. The van der Waals surface area contributed by atoms with Crippen LogP contribution in [0.3, 0.4) is 0 Å². The Bertz CT molecular complexity index is 744. The highest BCUT2D eigenvalue weighted by atomic mass is 19.4. The van der Waals surface area contributed by atoms with Gasteiger partial charge in [-0.3, -0.25) is 0 Å². The normalized spacial score (nSPS) is 14.9. The Morgan fingerprint density at radius 2 is 1.55 bits per heavy atom. The van der Waals surface area contributed by atoms with Gasteiger partial charge in [-0.25, -0.2) is 0 Å². The molecule has 2 nitrogen and oxygen atoms in total. The van der Waals surface area contributed by atoms with Crippen molar-refractivity contribution in [2.75, 3.05) is 7.11 Å². The van der Waals surface area contributed by atoms with Gasteiger partial charge in [0.15, 0.2) is 5.76 Å². The predicted octanol–water partition coefficient (Wildman–Crippen LogP) is 4.89. The van der Waals surface area contributed by atoms with E-state index in [0.717, 1.165) is 7.11 Å². The summed E-state index contributed by atoms with van der Waals surface area (Å²) in [6.45, 7) is 0. The zero-order chi connectivity index (χ0) is 15.8. The summed E-state index contributed by atoms with van der Waals surface area (Å²) in [4.78, 5) is 0. The van der Waals surface area contributed by atoms with Gasteiger partial charge < -0.3 is 9.15 Å². The number of alkyl halides is 3. The minimum absolute atomic E-state index is 0.0240. The van der Waals surface area contributed by atoms with Crippen LogP contribution in [0.4, 0.5) is 13.2 Å². The van der Waals surface area contributed by atoms with E-state index >= 15 is 0 Å². The van der Waals surface area contributed by atoms with Gasteiger partial charge in [0.25, 0.3) is 0 Å². The molecular weight excluding hydrogens is 293 g/mol. The van der Waals surface area contributed by atoms with Crippen LogP contribution in [0.1, 0.15) is 11.3 Å². The van der Waals surface area contributed by atoms with E-state index in [0.29, 0.717) is 11.0 Å². The van der Waals surface area contributed by atoms with Gasteiger partial charge in [-0.05, 0) is 12.1 Å². The summed E-state index contributed by atoms with van der Waals surface area (Å²) in [5, 5.41) is 0.596. The number of fused-ring (bicyclic) bond motifs is 1. The summed E-state index contributed by atoms with van der Waals surface area (Å²) in [5.41, 5.74) is -2.27. The van der Waals surface area contributed by atoms with Crippen molar-refractivity contribution < 1.29 is 22.3 Å². The van der Waals surface area contributed by atoms with Gasteiger partial charge >= 0.3 is 6.18 Å². The van der Waals surface area contributed by atoms with Crippen molar-refractivity contribution in [1.82, 2.24) is 0 Å². The van der Waals surface area contributed by atoms with Crippen LogP contribution in [0, 0.1) is 0 Å². The average molecular weight is 306 g/mol. The molecule has 22 heavy (non-hydrogen) atoms. The lowest BCUT2D eigenvalue weighted by molar-refractivity contribution is -0.263. The number of rotatable bonds is 3. The molecule has 0 bridgehead atoms. The second kappa shape index (κ2) is 5.18. The van der Waals surface area contributed by atoms with Gasteiger partial charge in [0.2, 0.25) is 5.60 Å². The van der Waals surface area contributed by atoms with Gasteiger partial charge in [-0.15, -0.1) is 0 Å². The maximum atomic E-state index is 13.9. The van der Waals surface area contributed by atoms with Crippen molar-refractivity contribution in [2.45, 2.75) is 11.8 Å². The highest BCUT2D eigenvalue weighted by molar-refractivity contribution is 5.78. The Kier molecular flexibility index (Phi) is 3.45. The van der Waals surface area contributed by atoms with Gasteiger partial charge in [-0.2, -0.15) is 13.2 Å². The van der Waals surface area contributed by atoms with Crippen LogP contribution < -0.4 is 0 Å². The SMILES string of the molecule is CO[C@](c1ccccc1)(c1cc2ccccc2o1)C(F)(F)F. The third kappa shape index (κ3) is 2.09. The van der Waals surface area contributed by atoms with E-state index in [1.807, 2.05) is 0 Å². The molecule has 1 heterocycles. The van der Waals surface area contributed by atoms with Crippen molar-refractivity contribution >= 4 is 11.0 Å². The molecule has 0 aliphatic carbocycles. The molecule has 0 N–H and O–H groups in total. The molecule has 3 rings (SSSR count). The van der Waals surface area contributed by atoms with Gasteiger partial charge in [0.1, 0.15) is 5.58 Å². The highest BCUT2D eigenvalue weighted by Gasteiger charge is 2.60. The predicted molar refractivity (Wildman–Crippen MR) is 76.5 cm³/mol. The quantitative estimate of drug-likeness (QED) is 0.688. The van der Waals surface area contributed by atoms with Gasteiger partial charge in [-0.1, -0.05) is 48.5 Å². The molecule has 0 aliphatic rings. The molecule has 0 saturated heterocycles. The zero-order valence-corrected chi connectivity index (χ0v) is 11.7. The maximum absolute atomic E-state index is 13.9. The fourth-order valence-electron chi connectivity index (χ4n) is 2.61. The summed E-state index contributed by atoms with van der Waals surface area (Å²) in [6.07, 6.45) is -4.67. The minimum Gasteiger partial charge on any atom is -0.457 e. The maximum Gasteiger partial charge on any atom is 0.429 e. The summed E-state index contributed by atoms with van der Waals surface area (Å²) >= 11 is 0. The monoisotopic (exact) mass is 306 g/mol. The van der Waals surface area contributed by atoms with Crippen molar-refractivity contribution in [3.8, 4) is 0 Å². The van der Waals surface area contributed by atoms with E-state index in [1.54, 1.807) is 30.3 Å². The van der Waals surface area contributed by atoms with Crippen molar-refractivity contribution in [3.63, 3.8) is 0 Å². The summed E-state index contributed by atoms with van der Waals surface area (Å²) in [5.74, 6) is -0.282. The topological polar surface area (TPSA) is 22.4 Å². The Morgan fingerprint density at radius 1 is 0.909 bits per heavy atom. The Balaban J connectivity index is 2.30. The van der Waals surface area contributed by atoms with Crippen LogP contribution >= 0.6 is 0 Å². The van der Waals surface area contributed by atoms with Crippen molar-refractivity contribution in [3.05, 3.63) is 72.0 Å². The van der Waals surface area contributed by atoms with E-state index in [4.69, 9.17) is 9.15 Å². The summed E-state index contributed by atoms with van der Waals surface area (Å²) < 4.78 is 52.1. The van der Waals surface area contributed by atoms with Crippen molar-refractivity contribution in [2.24, 2.45) is 0 Å². The van der Waals surface area contributed by atoms with Crippen LogP contribution in [0.15, 0.2) is 65.1 Å².